The van der Waals surface area contributed by atoms with Crippen LogP contribution in [-0.4, -0.2) is 0 Å². The average molecular weight is 374 g/mol. The van der Waals surface area contributed by atoms with Gasteiger partial charge in [-0.15, -0.1) is 0 Å². The van der Waals surface area contributed by atoms with Crippen molar-refractivity contribution in [3.63, 3.8) is 0 Å². The third-order valence-electron chi connectivity index (χ3n) is 5.94. The van der Waals surface area contributed by atoms with Crippen molar-refractivity contribution in [2.75, 3.05) is 0 Å². The molecule has 0 N–H and O–H groups in total. The van der Waals surface area contributed by atoms with Crippen LogP contribution in [-0.2, 0) is 15.8 Å². The van der Waals surface area contributed by atoms with Gasteiger partial charge < -0.3 is 4.74 Å². The number of ether oxygens (including phenoxy) is 1. The molecule has 140 valence electrons. The van der Waals surface area contributed by atoms with E-state index in [9.17, 15) is 0 Å². The minimum Gasteiger partial charge on any atom is -0.484 e. The molecule has 0 amide bonds. The van der Waals surface area contributed by atoms with E-state index in [0.717, 1.165) is 11.1 Å². The second-order valence-corrected chi connectivity index (χ2v) is 7.37. The quantitative estimate of drug-likeness (QED) is 0.398. The van der Waals surface area contributed by atoms with Crippen LogP contribution in [0, 0.1) is 0 Å². The summed E-state index contributed by atoms with van der Waals surface area (Å²) >= 11 is 0. The summed E-state index contributed by atoms with van der Waals surface area (Å²) in [6.45, 7) is 0. The van der Waals surface area contributed by atoms with Gasteiger partial charge in [-0.25, -0.2) is 0 Å². The van der Waals surface area contributed by atoms with Crippen molar-refractivity contribution in [2.45, 2.75) is 11.0 Å². The van der Waals surface area contributed by atoms with Gasteiger partial charge in [0.2, 0.25) is 0 Å². The maximum atomic E-state index is 6.66. The Kier molecular flexibility index (Phi) is 4.29. The normalized spacial score (nSPS) is 16.3. The van der Waals surface area contributed by atoms with Gasteiger partial charge in [0.15, 0.2) is 5.60 Å². The standard InChI is InChI=1S/C28H22O/c1-5-13-23(14-6-1)27(24-15-7-2-8-16-24)21-22-29-28(27,25-17-9-3-10-18-25)26-19-11-4-12-20-26/h1-22H. The van der Waals surface area contributed by atoms with E-state index in [-0.39, 0.29) is 0 Å². The van der Waals surface area contributed by atoms with Crippen LogP contribution in [0.25, 0.3) is 0 Å². The van der Waals surface area contributed by atoms with Crippen LogP contribution in [0.3, 0.4) is 0 Å². The maximum Gasteiger partial charge on any atom is 0.175 e. The summed E-state index contributed by atoms with van der Waals surface area (Å²) in [7, 11) is 0. The molecule has 1 aliphatic rings. The smallest absolute Gasteiger partial charge is 0.175 e. The monoisotopic (exact) mass is 374 g/mol. The first-order chi connectivity index (χ1) is 14.4. The Balaban J connectivity index is 1.91. The minimum absolute atomic E-state index is 0.502. The summed E-state index contributed by atoms with van der Waals surface area (Å²) in [5, 5.41) is 0. The molecular weight excluding hydrogens is 352 g/mol. The third kappa shape index (κ3) is 2.55. The molecule has 0 aromatic heterocycles. The summed E-state index contributed by atoms with van der Waals surface area (Å²) in [4.78, 5) is 0. The van der Waals surface area contributed by atoms with Crippen LogP contribution in [0.4, 0.5) is 0 Å². The molecule has 1 nitrogen and oxygen atoms in total. The Morgan fingerprint density at radius 3 is 1.14 bits per heavy atom. The lowest BCUT2D eigenvalue weighted by atomic mass is 9.59. The lowest BCUT2D eigenvalue weighted by Gasteiger charge is -2.46. The summed E-state index contributed by atoms with van der Waals surface area (Å²) in [6.07, 6.45) is 4.09. The third-order valence-corrected chi connectivity index (χ3v) is 5.94. The first-order valence-electron chi connectivity index (χ1n) is 9.95. The Hall–Kier alpha value is -3.58. The largest absolute Gasteiger partial charge is 0.484 e. The molecule has 4 aromatic carbocycles. The van der Waals surface area contributed by atoms with Gasteiger partial charge in [0.1, 0.15) is 0 Å². The highest BCUT2D eigenvalue weighted by molar-refractivity contribution is 5.58. The van der Waals surface area contributed by atoms with E-state index in [1.54, 1.807) is 0 Å². The molecule has 5 rings (SSSR count). The molecule has 0 atom stereocenters. The fourth-order valence-corrected chi connectivity index (χ4v) is 4.72. The lowest BCUT2D eigenvalue weighted by Crippen LogP contribution is -2.48. The van der Waals surface area contributed by atoms with E-state index in [1.807, 2.05) is 6.26 Å². The second-order valence-electron chi connectivity index (χ2n) is 7.37. The van der Waals surface area contributed by atoms with Crippen molar-refractivity contribution < 1.29 is 4.74 Å². The molecule has 0 aliphatic carbocycles. The lowest BCUT2D eigenvalue weighted by molar-refractivity contribution is 0.0406. The van der Waals surface area contributed by atoms with Crippen LogP contribution >= 0.6 is 0 Å². The zero-order valence-corrected chi connectivity index (χ0v) is 16.1. The second kappa shape index (κ2) is 7.10. The summed E-state index contributed by atoms with van der Waals surface area (Å²) < 4.78 is 6.66. The topological polar surface area (TPSA) is 9.23 Å². The average Bonchev–Trinajstić information content (AvgIpc) is 3.24. The number of hydrogen-bond acceptors (Lipinski definition) is 1. The molecule has 0 spiro atoms. The van der Waals surface area contributed by atoms with Gasteiger partial charge >= 0.3 is 0 Å². The van der Waals surface area contributed by atoms with E-state index >= 15 is 0 Å². The van der Waals surface area contributed by atoms with E-state index in [1.165, 1.54) is 11.1 Å². The minimum atomic E-state index is -0.710. The fourth-order valence-electron chi connectivity index (χ4n) is 4.72. The predicted molar refractivity (Wildman–Crippen MR) is 118 cm³/mol. The first kappa shape index (κ1) is 17.5. The molecule has 0 saturated carbocycles. The maximum absolute atomic E-state index is 6.66. The van der Waals surface area contributed by atoms with E-state index in [0.29, 0.717) is 0 Å². The zero-order chi connectivity index (χ0) is 19.6. The number of rotatable bonds is 4. The molecule has 1 aliphatic heterocycles. The molecule has 4 aromatic rings. The van der Waals surface area contributed by atoms with Crippen LogP contribution in [0.5, 0.6) is 0 Å². The number of benzene rings is 4. The Bertz CT molecular complexity index is 1020. The van der Waals surface area contributed by atoms with Crippen LogP contribution in [0.1, 0.15) is 22.3 Å². The SMILES string of the molecule is C1=CC(c2ccccc2)(c2ccccc2)C(c2ccccc2)(c2ccccc2)O1. The summed E-state index contributed by atoms with van der Waals surface area (Å²) in [6, 6.07) is 42.5. The number of hydrogen-bond donors (Lipinski definition) is 0. The highest BCUT2D eigenvalue weighted by Gasteiger charge is 2.58. The summed E-state index contributed by atoms with van der Waals surface area (Å²) in [5.74, 6) is 0. The molecule has 29 heavy (non-hydrogen) atoms. The zero-order valence-electron chi connectivity index (χ0n) is 16.1. The Labute approximate surface area is 171 Å². The van der Waals surface area contributed by atoms with E-state index in [2.05, 4.69) is 127 Å². The molecule has 0 radical (unpaired) electrons. The highest BCUT2D eigenvalue weighted by Crippen LogP contribution is 2.57. The van der Waals surface area contributed by atoms with Gasteiger partial charge in [-0.2, -0.15) is 0 Å². The van der Waals surface area contributed by atoms with Crippen molar-refractivity contribution in [1.82, 2.24) is 0 Å². The van der Waals surface area contributed by atoms with Crippen LogP contribution in [0.2, 0.25) is 0 Å². The Morgan fingerprint density at radius 1 is 0.414 bits per heavy atom. The molecule has 0 bridgehead atoms. The van der Waals surface area contributed by atoms with Gasteiger partial charge in [-0.05, 0) is 17.2 Å². The molecule has 0 fully saturated rings. The van der Waals surface area contributed by atoms with Gasteiger partial charge in [0.05, 0.1) is 11.7 Å². The Morgan fingerprint density at radius 2 is 0.759 bits per heavy atom. The van der Waals surface area contributed by atoms with Crippen molar-refractivity contribution in [3.05, 3.63) is 156 Å². The molecule has 0 saturated heterocycles. The molecule has 1 heteroatoms. The van der Waals surface area contributed by atoms with Crippen molar-refractivity contribution in [3.8, 4) is 0 Å². The van der Waals surface area contributed by atoms with Gasteiger partial charge in [-0.1, -0.05) is 121 Å². The van der Waals surface area contributed by atoms with Gasteiger partial charge in [-0.3, -0.25) is 0 Å². The first-order valence-corrected chi connectivity index (χ1v) is 9.95. The van der Waals surface area contributed by atoms with Crippen LogP contribution in [0.15, 0.2) is 134 Å². The van der Waals surface area contributed by atoms with E-state index in [4.69, 9.17) is 4.74 Å². The molecule has 1 heterocycles. The highest BCUT2D eigenvalue weighted by atomic mass is 16.5. The molecular formula is C28H22O. The van der Waals surface area contributed by atoms with Crippen molar-refractivity contribution >= 4 is 0 Å². The van der Waals surface area contributed by atoms with Gasteiger partial charge in [0.25, 0.3) is 0 Å². The van der Waals surface area contributed by atoms with Gasteiger partial charge in [0, 0.05) is 11.1 Å². The predicted octanol–water partition coefficient (Wildman–Crippen LogP) is 6.46. The van der Waals surface area contributed by atoms with Crippen LogP contribution < -0.4 is 0 Å². The van der Waals surface area contributed by atoms with E-state index < -0.39 is 11.0 Å². The fraction of sp³-hybridized carbons (Fsp3) is 0.0714. The molecule has 0 unspecified atom stereocenters. The van der Waals surface area contributed by atoms with Crippen molar-refractivity contribution in [1.29, 1.82) is 0 Å². The van der Waals surface area contributed by atoms with Crippen molar-refractivity contribution in [2.24, 2.45) is 0 Å². The summed E-state index contributed by atoms with van der Waals surface area (Å²) in [5.41, 5.74) is 3.45.